The van der Waals surface area contributed by atoms with Crippen molar-refractivity contribution in [3.05, 3.63) is 64.2 Å². The molecule has 0 aliphatic carbocycles. The molecule has 0 unspecified atom stereocenters. The molecule has 1 atom stereocenters. The molecule has 3 aromatic heterocycles. The molecule has 0 saturated carbocycles. The Morgan fingerprint density at radius 2 is 1.93 bits per heavy atom. The number of likely N-dealkylation sites (tertiary alicyclic amines) is 1. The van der Waals surface area contributed by atoms with Crippen LogP contribution in [0, 0.1) is 0 Å². The number of thiophene rings is 2. The van der Waals surface area contributed by atoms with Gasteiger partial charge in [0.05, 0.1) is 22.2 Å². The van der Waals surface area contributed by atoms with Crippen molar-refractivity contribution >= 4 is 51.2 Å². The number of para-hydroxylation sites is 1. The number of benzene rings is 1. The number of hydrogen-bond donors (Lipinski definition) is 0. The van der Waals surface area contributed by atoms with E-state index in [1.165, 1.54) is 16.6 Å². The SMILES string of the molecule is O=C(CSc1nc(-c2cccs2)nc2ccccc12)N1CCC[C@H]1c1cccs1. The smallest absolute Gasteiger partial charge is 0.233 e. The molecule has 0 bridgehead atoms. The van der Waals surface area contributed by atoms with E-state index in [9.17, 15) is 4.79 Å². The molecule has 0 radical (unpaired) electrons. The highest BCUT2D eigenvalue weighted by atomic mass is 32.2. The van der Waals surface area contributed by atoms with Gasteiger partial charge in [0.1, 0.15) is 5.03 Å². The van der Waals surface area contributed by atoms with Crippen molar-refractivity contribution in [3.8, 4) is 10.7 Å². The summed E-state index contributed by atoms with van der Waals surface area (Å²) in [5.74, 6) is 1.31. The molecule has 1 aliphatic rings. The zero-order chi connectivity index (χ0) is 19.6. The van der Waals surface area contributed by atoms with Gasteiger partial charge in [-0.2, -0.15) is 0 Å². The second-order valence-corrected chi connectivity index (χ2v) is 9.79. The number of fused-ring (bicyclic) bond motifs is 1. The Kier molecular flexibility index (Phi) is 5.35. The Morgan fingerprint density at radius 3 is 2.76 bits per heavy atom. The Hall–Kier alpha value is -2.22. The van der Waals surface area contributed by atoms with Crippen molar-refractivity contribution in [1.82, 2.24) is 14.9 Å². The molecule has 0 N–H and O–H groups in total. The van der Waals surface area contributed by atoms with E-state index in [2.05, 4.69) is 17.5 Å². The van der Waals surface area contributed by atoms with Crippen molar-refractivity contribution in [2.45, 2.75) is 23.9 Å². The number of hydrogen-bond acceptors (Lipinski definition) is 6. The second kappa shape index (κ2) is 8.26. The van der Waals surface area contributed by atoms with Gasteiger partial charge >= 0.3 is 0 Å². The molecule has 4 nitrogen and oxygen atoms in total. The molecular formula is C22H19N3OS3. The number of amides is 1. The maximum atomic E-state index is 13.0. The molecule has 7 heteroatoms. The van der Waals surface area contributed by atoms with E-state index in [1.54, 1.807) is 22.7 Å². The molecule has 1 amide bonds. The number of rotatable bonds is 5. The summed E-state index contributed by atoms with van der Waals surface area (Å²) in [5.41, 5.74) is 0.915. The lowest BCUT2D eigenvalue weighted by Crippen LogP contribution is -2.31. The average Bonchev–Trinajstić information content (AvgIpc) is 3.52. The minimum absolute atomic E-state index is 0.186. The Morgan fingerprint density at radius 1 is 1.07 bits per heavy atom. The molecule has 1 saturated heterocycles. The van der Waals surface area contributed by atoms with Crippen LogP contribution in [0.5, 0.6) is 0 Å². The first-order chi connectivity index (χ1) is 14.3. The van der Waals surface area contributed by atoms with E-state index in [0.29, 0.717) is 5.75 Å². The minimum Gasteiger partial charge on any atom is -0.334 e. The van der Waals surface area contributed by atoms with Gasteiger partial charge in [0.15, 0.2) is 5.82 Å². The molecule has 146 valence electrons. The van der Waals surface area contributed by atoms with E-state index >= 15 is 0 Å². The fourth-order valence-electron chi connectivity index (χ4n) is 3.73. The third kappa shape index (κ3) is 3.82. The van der Waals surface area contributed by atoms with Gasteiger partial charge in [-0.15, -0.1) is 22.7 Å². The van der Waals surface area contributed by atoms with Gasteiger partial charge in [0.2, 0.25) is 5.91 Å². The van der Waals surface area contributed by atoms with Crippen LogP contribution in [-0.2, 0) is 4.79 Å². The second-order valence-electron chi connectivity index (χ2n) is 6.90. The largest absolute Gasteiger partial charge is 0.334 e. The Bertz CT molecular complexity index is 1130. The zero-order valence-corrected chi connectivity index (χ0v) is 18.1. The van der Waals surface area contributed by atoms with Crippen molar-refractivity contribution < 1.29 is 4.79 Å². The molecule has 1 fully saturated rings. The predicted octanol–water partition coefficient (Wildman–Crippen LogP) is 5.88. The summed E-state index contributed by atoms with van der Waals surface area (Å²) in [4.78, 5) is 26.9. The topological polar surface area (TPSA) is 46.1 Å². The van der Waals surface area contributed by atoms with Crippen molar-refractivity contribution in [3.63, 3.8) is 0 Å². The van der Waals surface area contributed by atoms with Crippen LogP contribution in [0.2, 0.25) is 0 Å². The average molecular weight is 438 g/mol. The lowest BCUT2D eigenvalue weighted by atomic mass is 10.2. The van der Waals surface area contributed by atoms with Crippen molar-refractivity contribution in [2.24, 2.45) is 0 Å². The fraction of sp³-hybridized carbons (Fsp3) is 0.227. The van der Waals surface area contributed by atoms with Gasteiger partial charge in [0.25, 0.3) is 0 Å². The van der Waals surface area contributed by atoms with E-state index in [1.807, 2.05) is 46.7 Å². The summed E-state index contributed by atoms with van der Waals surface area (Å²) >= 11 is 4.89. The molecule has 5 rings (SSSR count). The summed E-state index contributed by atoms with van der Waals surface area (Å²) in [6.07, 6.45) is 2.12. The van der Waals surface area contributed by atoms with Crippen molar-refractivity contribution in [2.75, 3.05) is 12.3 Å². The maximum Gasteiger partial charge on any atom is 0.233 e. The maximum absolute atomic E-state index is 13.0. The molecule has 4 aromatic rings. The summed E-state index contributed by atoms with van der Waals surface area (Å²) in [6.45, 7) is 0.840. The highest BCUT2D eigenvalue weighted by Gasteiger charge is 2.30. The molecular weight excluding hydrogens is 418 g/mol. The Balaban J connectivity index is 1.39. The van der Waals surface area contributed by atoms with Crippen LogP contribution in [0.4, 0.5) is 0 Å². The summed E-state index contributed by atoms with van der Waals surface area (Å²) in [6, 6.07) is 16.5. The van der Waals surface area contributed by atoms with Gasteiger partial charge in [-0.25, -0.2) is 9.97 Å². The molecule has 0 spiro atoms. The third-order valence-electron chi connectivity index (χ3n) is 5.09. The van der Waals surface area contributed by atoms with E-state index in [-0.39, 0.29) is 11.9 Å². The van der Waals surface area contributed by atoms with Crippen LogP contribution in [0.15, 0.2) is 64.3 Å². The number of carbonyl (C=O) groups excluding carboxylic acids is 1. The first kappa shape index (κ1) is 18.8. The molecule has 1 aromatic carbocycles. The van der Waals surface area contributed by atoms with Gasteiger partial charge in [0, 0.05) is 16.8 Å². The summed E-state index contributed by atoms with van der Waals surface area (Å²) < 4.78 is 0. The zero-order valence-electron chi connectivity index (χ0n) is 15.7. The minimum atomic E-state index is 0.186. The number of nitrogens with zero attached hydrogens (tertiary/aromatic N) is 3. The monoisotopic (exact) mass is 437 g/mol. The van der Waals surface area contributed by atoms with Crippen LogP contribution in [-0.4, -0.2) is 33.1 Å². The van der Waals surface area contributed by atoms with Gasteiger partial charge in [-0.05, 0) is 41.8 Å². The lowest BCUT2D eigenvalue weighted by Gasteiger charge is -2.23. The van der Waals surface area contributed by atoms with Crippen LogP contribution in [0.25, 0.3) is 21.6 Å². The standard InChI is InChI=1S/C22H19N3OS3/c26-20(25-11-3-8-17(25)18-9-4-12-27-18)14-29-22-15-6-1-2-7-16(15)23-21(24-22)19-10-5-13-28-19/h1-2,4-7,9-10,12-13,17H,3,8,11,14H2/t17-/m0/s1. The van der Waals surface area contributed by atoms with Gasteiger partial charge < -0.3 is 4.90 Å². The quantitative estimate of drug-likeness (QED) is 0.289. The van der Waals surface area contributed by atoms with Crippen molar-refractivity contribution in [1.29, 1.82) is 0 Å². The molecule has 1 aliphatic heterocycles. The van der Waals surface area contributed by atoms with Crippen LogP contribution < -0.4 is 0 Å². The normalized spacial score (nSPS) is 16.6. The number of aromatic nitrogens is 2. The first-order valence-electron chi connectivity index (χ1n) is 9.56. The highest BCUT2D eigenvalue weighted by molar-refractivity contribution is 8.00. The van der Waals surface area contributed by atoms with E-state index in [4.69, 9.17) is 9.97 Å². The highest BCUT2D eigenvalue weighted by Crippen LogP contribution is 2.36. The van der Waals surface area contributed by atoms with E-state index < -0.39 is 0 Å². The summed E-state index contributed by atoms with van der Waals surface area (Å²) in [7, 11) is 0. The third-order valence-corrected chi connectivity index (χ3v) is 7.90. The lowest BCUT2D eigenvalue weighted by molar-refractivity contribution is -0.129. The Labute approximate surface area is 181 Å². The fourth-order valence-corrected chi connectivity index (χ4v) is 6.16. The molecule has 29 heavy (non-hydrogen) atoms. The number of thioether (sulfide) groups is 1. The van der Waals surface area contributed by atoms with Gasteiger partial charge in [-0.1, -0.05) is 42.1 Å². The van der Waals surface area contributed by atoms with E-state index in [0.717, 1.165) is 46.0 Å². The predicted molar refractivity (Wildman–Crippen MR) is 122 cm³/mol. The van der Waals surface area contributed by atoms with Crippen LogP contribution >= 0.6 is 34.4 Å². The molecule has 4 heterocycles. The van der Waals surface area contributed by atoms with Crippen LogP contribution in [0.1, 0.15) is 23.8 Å². The first-order valence-corrected chi connectivity index (χ1v) is 12.3. The number of carbonyl (C=O) groups is 1. The summed E-state index contributed by atoms with van der Waals surface area (Å²) in [5, 5.41) is 5.99. The van der Waals surface area contributed by atoms with Gasteiger partial charge in [-0.3, -0.25) is 4.79 Å². The van der Waals surface area contributed by atoms with Crippen LogP contribution in [0.3, 0.4) is 0 Å².